The summed E-state index contributed by atoms with van der Waals surface area (Å²) in [5.74, 6) is -0.405. The number of ether oxygens (including phenoxy) is 1. The summed E-state index contributed by atoms with van der Waals surface area (Å²) < 4.78 is 6.57. The van der Waals surface area contributed by atoms with E-state index in [0.717, 1.165) is 8.26 Å². The van der Waals surface area contributed by atoms with Crippen molar-refractivity contribution in [1.29, 1.82) is 0 Å². The van der Waals surface area contributed by atoms with Gasteiger partial charge in [-0.05, 0) is 58.7 Å². The lowest BCUT2D eigenvalue weighted by Gasteiger charge is -2.19. The molecule has 0 aliphatic carbocycles. The third-order valence-electron chi connectivity index (χ3n) is 1.55. The maximum absolute atomic E-state index is 11.7. The van der Waals surface area contributed by atoms with E-state index in [1.165, 1.54) is 11.3 Å². The molecule has 0 saturated carbocycles. The number of halogens is 2. The molecule has 2 amide bonds. The van der Waals surface area contributed by atoms with Gasteiger partial charge in [0.25, 0.3) is 5.91 Å². The lowest BCUT2D eigenvalue weighted by Crippen LogP contribution is -2.44. The number of carbonyl (C=O) groups excluding carboxylic acids is 2. The molecule has 0 spiro atoms. The fourth-order valence-corrected chi connectivity index (χ4v) is 2.86. The van der Waals surface area contributed by atoms with E-state index in [1.807, 2.05) is 0 Å². The average Bonchev–Trinajstić information content (AvgIpc) is 2.53. The minimum atomic E-state index is -0.703. The quantitative estimate of drug-likeness (QED) is 0.710. The molecule has 1 heterocycles. The summed E-state index contributed by atoms with van der Waals surface area (Å²) in [6.07, 6.45) is -0.703. The second-order valence-electron chi connectivity index (χ2n) is 4.31. The van der Waals surface area contributed by atoms with Crippen LogP contribution in [0.3, 0.4) is 0 Å². The van der Waals surface area contributed by atoms with E-state index in [9.17, 15) is 9.59 Å². The molecule has 5 nitrogen and oxygen atoms in total. The van der Waals surface area contributed by atoms with Gasteiger partial charge in [-0.15, -0.1) is 11.3 Å². The smallest absolute Gasteiger partial charge is 0.426 e. The first-order valence-corrected chi connectivity index (χ1v) is 7.33. The highest BCUT2D eigenvalue weighted by atomic mass is 79.9. The van der Waals surface area contributed by atoms with Crippen LogP contribution >= 0.6 is 43.2 Å². The lowest BCUT2D eigenvalue weighted by atomic mass is 10.2. The minimum absolute atomic E-state index is 0.405. The van der Waals surface area contributed by atoms with Crippen molar-refractivity contribution in [3.63, 3.8) is 0 Å². The standard InChI is InChI=1S/C10H12Br2N2O3S/c1-10(2,3)17-9(16)14-13-8(15)6-4-5(11)7(12)18-6/h4H,1-3H3,(H,13,15)(H,14,16). The third kappa shape index (κ3) is 4.95. The molecule has 0 saturated heterocycles. The molecule has 0 atom stereocenters. The van der Waals surface area contributed by atoms with Crippen molar-refractivity contribution >= 4 is 55.2 Å². The normalized spacial score (nSPS) is 10.9. The van der Waals surface area contributed by atoms with Gasteiger partial charge in [-0.25, -0.2) is 10.2 Å². The molecule has 0 bridgehead atoms. The Kier molecular flexibility index (Phi) is 5.18. The zero-order valence-corrected chi connectivity index (χ0v) is 14.0. The highest BCUT2D eigenvalue weighted by molar-refractivity contribution is 9.13. The molecule has 0 aromatic carbocycles. The molecule has 100 valence electrons. The van der Waals surface area contributed by atoms with Crippen LogP contribution in [0.4, 0.5) is 4.79 Å². The summed E-state index contributed by atoms with van der Waals surface area (Å²) in [7, 11) is 0. The van der Waals surface area contributed by atoms with Crippen LogP contribution in [0.5, 0.6) is 0 Å². The molecule has 8 heteroatoms. The predicted molar refractivity (Wildman–Crippen MR) is 76.6 cm³/mol. The molecule has 0 aliphatic heterocycles. The Balaban J connectivity index is 2.49. The largest absolute Gasteiger partial charge is 0.443 e. The summed E-state index contributed by atoms with van der Waals surface area (Å²) >= 11 is 7.81. The van der Waals surface area contributed by atoms with Crippen LogP contribution in [0.2, 0.25) is 0 Å². The van der Waals surface area contributed by atoms with Crippen LogP contribution in [0.1, 0.15) is 30.4 Å². The van der Waals surface area contributed by atoms with Gasteiger partial charge in [-0.1, -0.05) is 0 Å². The number of thiophene rings is 1. The topological polar surface area (TPSA) is 67.4 Å². The second kappa shape index (κ2) is 6.03. The van der Waals surface area contributed by atoms with E-state index in [-0.39, 0.29) is 0 Å². The van der Waals surface area contributed by atoms with Gasteiger partial charge in [-0.2, -0.15) is 0 Å². The second-order valence-corrected chi connectivity index (χ2v) is 7.54. The SMILES string of the molecule is CC(C)(C)OC(=O)NNC(=O)c1cc(Br)c(Br)s1. The highest BCUT2D eigenvalue weighted by Gasteiger charge is 2.17. The van der Waals surface area contributed by atoms with Gasteiger partial charge in [0.2, 0.25) is 0 Å². The van der Waals surface area contributed by atoms with Gasteiger partial charge >= 0.3 is 6.09 Å². The van der Waals surface area contributed by atoms with Gasteiger partial charge in [0.15, 0.2) is 0 Å². The van der Waals surface area contributed by atoms with Crippen molar-refractivity contribution < 1.29 is 14.3 Å². The Morgan fingerprint density at radius 1 is 1.28 bits per heavy atom. The van der Waals surface area contributed by atoms with E-state index in [0.29, 0.717) is 4.88 Å². The Morgan fingerprint density at radius 3 is 2.33 bits per heavy atom. The number of hydrogen-bond donors (Lipinski definition) is 2. The molecule has 1 aromatic rings. The summed E-state index contributed by atoms with van der Waals surface area (Å²) in [4.78, 5) is 23.4. The van der Waals surface area contributed by atoms with Crippen LogP contribution in [0, 0.1) is 0 Å². The Morgan fingerprint density at radius 2 is 1.89 bits per heavy atom. The molecule has 0 aliphatic rings. The van der Waals surface area contributed by atoms with E-state index < -0.39 is 17.6 Å². The Bertz CT molecular complexity index is 449. The maximum atomic E-state index is 11.7. The monoisotopic (exact) mass is 398 g/mol. The van der Waals surface area contributed by atoms with Crippen LogP contribution < -0.4 is 10.9 Å². The zero-order valence-electron chi connectivity index (χ0n) is 9.97. The first kappa shape index (κ1) is 15.5. The molecule has 2 N–H and O–H groups in total. The highest BCUT2D eigenvalue weighted by Crippen LogP contribution is 2.32. The summed E-state index contributed by atoms with van der Waals surface area (Å²) in [5.41, 5.74) is 3.84. The van der Waals surface area contributed by atoms with Gasteiger partial charge in [0, 0.05) is 4.47 Å². The van der Waals surface area contributed by atoms with E-state index in [4.69, 9.17) is 4.74 Å². The molecule has 1 rings (SSSR count). The van der Waals surface area contributed by atoms with Gasteiger partial charge < -0.3 is 4.74 Å². The van der Waals surface area contributed by atoms with Crippen LogP contribution in [0.25, 0.3) is 0 Å². The molecule has 0 radical (unpaired) electrons. The van der Waals surface area contributed by atoms with Gasteiger partial charge in [0.05, 0.1) is 8.66 Å². The maximum Gasteiger partial charge on any atom is 0.426 e. The molecular weight excluding hydrogens is 388 g/mol. The lowest BCUT2D eigenvalue weighted by molar-refractivity contribution is 0.0484. The van der Waals surface area contributed by atoms with Crippen molar-refractivity contribution in [1.82, 2.24) is 10.9 Å². The van der Waals surface area contributed by atoms with Crippen LogP contribution in [-0.4, -0.2) is 17.6 Å². The molecule has 18 heavy (non-hydrogen) atoms. The minimum Gasteiger partial charge on any atom is -0.443 e. The van der Waals surface area contributed by atoms with Crippen molar-refractivity contribution in [3.05, 3.63) is 19.2 Å². The first-order valence-electron chi connectivity index (χ1n) is 4.93. The number of nitrogens with one attached hydrogen (secondary N) is 2. The Labute approximate surface area is 126 Å². The van der Waals surface area contributed by atoms with Crippen molar-refractivity contribution in [3.8, 4) is 0 Å². The van der Waals surface area contributed by atoms with Crippen molar-refractivity contribution in [2.75, 3.05) is 0 Å². The van der Waals surface area contributed by atoms with Crippen molar-refractivity contribution in [2.45, 2.75) is 26.4 Å². The molecular formula is C10H12Br2N2O3S. The number of hydrazine groups is 1. The van der Waals surface area contributed by atoms with Crippen LogP contribution in [-0.2, 0) is 4.74 Å². The fourth-order valence-electron chi connectivity index (χ4n) is 0.931. The summed E-state index contributed by atoms with van der Waals surface area (Å²) in [6.45, 7) is 5.21. The summed E-state index contributed by atoms with van der Waals surface area (Å²) in [5, 5.41) is 0. The number of amides is 2. The van der Waals surface area contributed by atoms with E-state index in [2.05, 4.69) is 42.7 Å². The number of hydrogen-bond acceptors (Lipinski definition) is 4. The molecule has 0 fully saturated rings. The van der Waals surface area contributed by atoms with E-state index in [1.54, 1.807) is 26.8 Å². The number of carbonyl (C=O) groups is 2. The number of rotatable bonds is 1. The average molecular weight is 400 g/mol. The predicted octanol–water partition coefficient (Wildman–Crippen LogP) is 3.44. The fraction of sp³-hybridized carbons (Fsp3) is 0.400. The molecule has 1 aromatic heterocycles. The summed E-state index contributed by atoms with van der Waals surface area (Å²) in [6, 6.07) is 1.65. The van der Waals surface area contributed by atoms with Gasteiger partial charge in [0.1, 0.15) is 5.60 Å². The third-order valence-corrected chi connectivity index (χ3v) is 4.80. The van der Waals surface area contributed by atoms with E-state index >= 15 is 0 Å². The zero-order chi connectivity index (χ0) is 13.9. The van der Waals surface area contributed by atoms with Crippen molar-refractivity contribution in [2.24, 2.45) is 0 Å². The Hall–Kier alpha value is -0.600. The van der Waals surface area contributed by atoms with Gasteiger partial charge in [-0.3, -0.25) is 10.2 Å². The van der Waals surface area contributed by atoms with Crippen LogP contribution in [0.15, 0.2) is 14.3 Å². The molecule has 0 unspecified atom stereocenters. The first-order chi connectivity index (χ1) is 8.19.